The number of hydrogen-bond donors (Lipinski definition) is 0. The predicted molar refractivity (Wildman–Crippen MR) is 610 cm³/mol. The molecule has 138 heavy (non-hydrogen) atoms. The number of allylic oxidation sites excluding steroid dienone is 2. The van der Waals surface area contributed by atoms with Crippen LogP contribution in [0.1, 0.15) is 335 Å². The minimum absolute atomic E-state index is 0.0465. The summed E-state index contributed by atoms with van der Waals surface area (Å²) in [6.07, 6.45) is 77.8. The molecule has 0 unspecified atom stereocenters. The van der Waals surface area contributed by atoms with Crippen LogP contribution in [0.2, 0.25) is 0 Å². The molecule has 1 aliphatic heterocycles. The van der Waals surface area contributed by atoms with E-state index in [-0.39, 0.29) is 27.5 Å². The van der Waals surface area contributed by atoms with E-state index < -0.39 is 42.9 Å². The van der Waals surface area contributed by atoms with Crippen LogP contribution in [0.5, 0.6) is 0 Å². The van der Waals surface area contributed by atoms with Gasteiger partial charge in [0.15, 0.2) is 0 Å². The Hall–Kier alpha value is -4.20. The number of halogens is 6. The summed E-state index contributed by atoms with van der Waals surface area (Å²) in [4.78, 5) is 0. The van der Waals surface area contributed by atoms with Gasteiger partial charge in [-0.3, -0.25) is 0 Å². The molecule has 1 saturated heterocycles. The van der Waals surface area contributed by atoms with E-state index in [9.17, 15) is 8.78 Å². The molecule has 11 aliphatic carbocycles. The number of fused-ring (bicyclic) bond motifs is 2. The van der Waals surface area contributed by atoms with Gasteiger partial charge in [0.2, 0.25) is 0 Å². The van der Waals surface area contributed by atoms with Gasteiger partial charge < -0.3 is 4.74 Å². The van der Waals surface area contributed by atoms with E-state index in [4.69, 9.17) is 43.5 Å². The molecule has 10 aromatic carbocycles. The van der Waals surface area contributed by atoms with Gasteiger partial charge in [-0.05, 0) is 295 Å². The van der Waals surface area contributed by atoms with Crippen molar-refractivity contribution in [3.63, 3.8) is 0 Å². The molecule has 0 spiro atoms. The van der Waals surface area contributed by atoms with Crippen molar-refractivity contribution in [1.29, 1.82) is 0 Å². The fraction of sp³-hybridized carbons (Fsp3) is 0.468. The second-order valence-electron chi connectivity index (χ2n) is 40.9. The molecule has 10 aromatic rings. The SMILES string of the molecule is C1CCC(P(C2CCCCC2)C2CCCCC2)CC1.C1CCC([PH+](C2CCCCC2)C2CCCCC2)CC1.C1CCC([PH+](C2CCCCC2)C2CCCCC2)CC1.C1CCOC1.Fc1ccc(C2=C[C](=[Ru]([Cl])[Cl])c3ccccc32)cc1.Fc1ccc(C2=C[C](=[Ru]([Cl])[Cl])c3ccccc32)cc1.c1ccc([PH+](c2ccccc2)c2ccccc2)cc1.c1ccc([PH+](c2ccccc2)c2ccccc2)cc1. The van der Waals surface area contributed by atoms with Gasteiger partial charge in [-0.1, -0.05) is 213 Å². The molecule has 0 atom stereocenters. The Labute approximate surface area is 864 Å². The number of rotatable bonds is 17. The van der Waals surface area contributed by atoms with Crippen molar-refractivity contribution >= 4 is 130 Å². The van der Waals surface area contributed by atoms with E-state index in [1.165, 1.54) is 139 Å². The summed E-state index contributed by atoms with van der Waals surface area (Å²) < 4.78 is 33.0. The molecule has 0 amide bonds. The molecular weight excluding hydrogens is 2040 g/mol. The zero-order valence-electron chi connectivity index (χ0n) is 82.4. The van der Waals surface area contributed by atoms with Crippen molar-refractivity contribution < 1.29 is 40.6 Å². The molecule has 0 aromatic heterocycles. The first-order chi connectivity index (χ1) is 68.1. The quantitative estimate of drug-likeness (QED) is 0.0652. The van der Waals surface area contributed by atoms with Crippen LogP contribution in [0.3, 0.4) is 0 Å². The van der Waals surface area contributed by atoms with E-state index in [2.05, 4.69) is 182 Å². The molecule has 1 heterocycles. The minimum atomic E-state index is -1.96. The maximum atomic E-state index is 13.0. The molecule has 9 saturated carbocycles. The third kappa shape index (κ3) is 32.6. The second kappa shape index (κ2) is 60.2. The second-order valence-corrected chi connectivity index (χ2v) is 67.4. The first kappa shape index (κ1) is 108. The van der Waals surface area contributed by atoms with Crippen LogP contribution in [0, 0.1) is 11.6 Å². The Balaban J connectivity index is 0.000000121. The first-order valence-electron chi connectivity index (χ1n) is 54.1. The molecule has 10 fully saturated rings. The van der Waals surface area contributed by atoms with E-state index in [0.717, 1.165) is 66.0 Å². The minimum Gasteiger partial charge on any atom is -0.0620 e. The van der Waals surface area contributed by atoms with Gasteiger partial charge in [-0.15, -0.1) is 0 Å². The summed E-state index contributed by atoms with van der Waals surface area (Å²) in [6, 6.07) is 94.0. The molecule has 12 aliphatic rings. The zero-order chi connectivity index (χ0) is 94.9. The maximum Gasteiger partial charge on any atom is 0.102 e. The third-order valence-corrected chi connectivity index (χ3v) is 56.6. The molecule has 14 heteroatoms. The third-order valence-electron chi connectivity index (χ3n) is 31.7. The number of hydrogen-bond acceptors (Lipinski definition) is 1. The van der Waals surface area contributed by atoms with Crippen LogP contribution in [-0.4, -0.2) is 72.4 Å². The summed E-state index contributed by atoms with van der Waals surface area (Å²) in [7, 11) is 23.2. The van der Waals surface area contributed by atoms with Crippen molar-refractivity contribution in [3.05, 3.63) is 336 Å². The average molecular weight is 2200 g/mol. The Morgan fingerprint density at radius 2 is 0.420 bits per heavy atom. The molecule has 0 radical (unpaired) electrons. The smallest absolute Gasteiger partial charge is 0.0620 e. The van der Waals surface area contributed by atoms with Crippen molar-refractivity contribution in [2.24, 2.45) is 0 Å². The molecular formula is C124H159Cl4F2OP5Ru2+4. The van der Waals surface area contributed by atoms with Crippen LogP contribution >= 0.6 is 78.4 Å². The van der Waals surface area contributed by atoms with Crippen LogP contribution < -0.4 is 31.8 Å². The van der Waals surface area contributed by atoms with Gasteiger partial charge in [-0.25, -0.2) is 0 Å². The summed E-state index contributed by atoms with van der Waals surface area (Å²) in [5.41, 5.74) is 19.4. The summed E-state index contributed by atoms with van der Waals surface area (Å²) in [6.45, 7) is 2.00. The van der Waals surface area contributed by atoms with E-state index >= 15 is 0 Å². The Kier molecular flexibility index (Phi) is 47.1. The van der Waals surface area contributed by atoms with Gasteiger partial charge in [0.25, 0.3) is 0 Å². The van der Waals surface area contributed by atoms with E-state index in [1.807, 2.05) is 60.7 Å². The normalized spacial score (nSPS) is 19.6. The Morgan fingerprint density at radius 3 is 0.616 bits per heavy atom. The number of ether oxygens (including phenoxy) is 1. The topological polar surface area (TPSA) is 9.23 Å². The molecule has 740 valence electrons. The van der Waals surface area contributed by atoms with Crippen molar-refractivity contribution in [2.75, 3.05) is 13.2 Å². The summed E-state index contributed by atoms with van der Waals surface area (Å²) in [5.74, 6) is -0.468. The standard InChI is InChI=1S/3C18H33P.2C18H15P.2C15H9F.C4H8O.4ClH.2Ru/c5*1-4-10-16(11-5-1)19(17-12-6-2-7-13-17)18-14-8-3-9-15-18;2*16-13-8-5-12(6-9-13)15-10-7-11-3-1-2-4-14(11)15;1-2-4-5-3-1;;;;;;/h3*16-18H,1-15H2;2*1-15H;2*1-6,8-10H;1-4H2;4*1H;;/q;;;;;;;;;;;;2*+2. The summed E-state index contributed by atoms with van der Waals surface area (Å²) >= 11 is -3.93. The first-order valence-corrected chi connectivity index (χ1v) is 72.8. The monoisotopic (exact) mass is 2200 g/mol. The van der Waals surface area contributed by atoms with Gasteiger partial charge in [0, 0.05) is 29.1 Å². The Bertz CT molecular complexity index is 4550. The number of benzene rings is 10. The van der Waals surface area contributed by atoms with Crippen LogP contribution in [0.4, 0.5) is 8.78 Å². The zero-order valence-corrected chi connectivity index (χ0v) is 93.8. The summed E-state index contributed by atoms with van der Waals surface area (Å²) in [5, 5.41) is 8.61. The van der Waals surface area contributed by atoms with Crippen molar-refractivity contribution in [3.8, 4) is 0 Å². The van der Waals surface area contributed by atoms with Gasteiger partial charge in [0.05, 0.1) is 49.8 Å². The van der Waals surface area contributed by atoms with E-state index in [0.29, 0.717) is 7.92 Å². The largest absolute Gasteiger partial charge is 0.102 e. The molecule has 1 nitrogen and oxygen atoms in total. The maximum absolute atomic E-state index is 13.0. The van der Waals surface area contributed by atoms with Gasteiger partial charge >= 0.3 is 248 Å². The van der Waals surface area contributed by atoms with Gasteiger partial charge in [-0.2, -0.15) is 0 Å². The van der Waals surface area contributed by atoms with Crippen LogP contribution in [0.25, 0.3) is 11.1 Å². The van der Waals surface area contributed by atoms with Crippen LogP contribution in [-0.2, 0) is 31.8 Å². The fourth-order valence-corrected chi connectivity index (χ4v) is 50.4. The molecule has 0 bridgehead atoms. The fourth-order valence-electron chi connectivity index (χ4n) is 25.1. The molecule has 0 N–H and O–H groups in total. The van der Waals surface area contributed by atoms with E-state index in [1.54, 1.807) is 294 Å². The van der Waals surface area contributed by atoms with Crippen molar-refractivity contribution in [1.82, 2.24) is 0 Å². The average Bonchev–Trinajstić information content (AvgIpc) is 1.62. The van der Waals surface area contributed by atoms with Crippen LogP contribution in [0.15, 0.2) is 291 Å². The Morgan fingerprint density at radius 1 is 0.225 bits per heavy atom. The van der Waals surface area contributed by atoms with Gasteiger partial charge in [0.1, 0.15) is 31.8 Å². The van der Waals surface area contributed by atoms with Crippen molar-refractivity contribution in [2.45, 2.75) is 353 Å². The predicted octanol–water partition coefficient (Wildman–Crippen LogP) is 35.4. The molecule has 22 rings (SSSR count).